The Bertz CT molecular complexity index is 632. The number of ether oxygens (including phenoxy) is 1. The Morgan fingerprint density at radius 1 is 1.17 bits per heavy atom. The van der Waals surface area contributed by atoms with Crippen LogP contribution in [0, 0.1) is 0 Å². The molecule has 7 nitrogen and oxygen atoms in total. The summed E-state index contributed by atoms with van der Waals surface area (Å²) in [6.07, 6.45) is 4.52. The number of rotatable bonds is 3. The monoisotopic (exact) mass is 341 g/mol. The molecule has 23 heavy (non-hydrogen) atoms. The maximum absolute atomic E-state index is 12.5. The third kappa shape index (κ3) is 4.89. The van der Waals surface area contributed by atoms with Crippen LogP contribution in [0.3, 0.4) is 0 Å². The highest BCUT2D eigenvalue weighted by atomic mass is 32.2. The van der Waals surface area contributed by atoms with Crippen LogP contribution >= 0.6 is 0 Å². The van der Waals surface area contributed by atoms with Gasteiger partial charge in [0.05, 0.1) is 5.25 Å². The Kier molecular flexibility index (Phi) is 5.23. The summed E-state index contributed by atoms with van der Waals surface area (Å²) in [6.45, 7) is 5.40. The van der Waals surface area contributed by atoms with Crippen molar-refractivity contribution in [1.82, 2.24) is 15.3 Å². The zero-order valence-corrected chi connectivity index (χ0v) is 14.5. The molecule has 0 radical (unpaired) electrons. The van der Waals surface area contributed by atoms with Crippen molar-refractivity contribution in [2.24, 2.45) is 0 Å². The molecule has 1 N–H and O–H groups in total. The van der Waals surface area contributed by atoms with Crippen LogP contribution in [0.2, 0.25) is 0 Å². The molecule has 1 aromatic heterocycles. The zero-order valence-electron chi connectivity index (χ0n) is 13.7. The van der Waals surface area contributed by atoms with Crippen molar-refractivity contribution < 1.29 is 17.9 Å². The molecule has 1 fully saturated rings. The molecule has 0 unspecified atom stereocenters. The number of nitrogens with zero attached hydrogens (tertiary/aromatic N) is 2. The lowest BCUT2D eigenvalue weighted by Crippen LogP contribution is -2.42. The summed E-state index contributed by atoms with van der Waals surface area (Å²) in [5.41, 5.74) is -0.546. The van der Waals surface area contributed by atoms with Gasteiger partial charge in [-0.2, -0.15) is 0 Å². The summed E-state index contributed by atoms with van der Waals surface area (Å²) < 4.78 is 30.1. The number of nitrogens with one attached hydrogen (secondary N) is 1. The first-order valence-electron chi connectivity index (χ1n) is 7.69. The number of hydrogen-bond acceptors (Lipinski definition) is 6. The van der Waals surface area contributed by atoms with E-state index >= 15 is 0 Å². The van der Waals surface area contributed by atoms with Crippen molar-refractivity contribution in [2.45, 2.75) is 68.5 Å². The number of aromatic nitrogens is 2. The quantitative estimate of drug-likeness (QED) is 0.845. The minimum atomic E-state index is -3.51. The number of carbonyl (C=O) groups is 1. The molecular weight excluding hydrogens is 318 g/mol. The van der Waals surface area contributed by atoms with Crippen molar-refractivity contribution in [2.75, 3.05) is 0 Å². The third-order valence-corrected chi connectivity index (χ3v) is 5.70. The lowest BCUT2D eigenvalue weighted by molar-refractivity contribution is 0.0493. The van der Waals surface area contributed by atoms with Crippen LogP contribution in [-0.4, -0.2) is 41.4 Å². The SMILES string of the molecule is CC(C)(C)OC(=O)NC1CCC(S(=O)(=O)c2ncccn2)CC1. The predicted molar refractivity (Wildman–Crippen MR) is 84.6 cm³/mol. The highest BCUT2D eigenvalue weighted by Crippen LogP contribution is 2.27. The van der Waals surface area contributed by atoms with Crippen LogP contribution in [0.25, 0.3) is 0 Å². The second kappa shape index (κ2) is 6.82. The number of amides is 1. The summed E-state index contributed by atoms with van der Waals surface area (Å²) in [6, 6.07) is 1.52. The van der Waals surface area contributed by atoms with Crippen LogP contribution in [0.5, 0.6) is 0 Å². The van der Waals surface area contributed by atoms with Gasteiger partial charge < -0.3 is 10.1 Å². The van der Waals surface area contributed by atoms with Gasteiger partial charge in [0.25, 0.3) is 0 Å². The molecule has 1 aliphatic rings. The minimum absolute atomic E-state index is 0.0620. The van der Waals surface area contributed by atoms with Crippen molar-refractivity contribution in [3.05, 3.63) is 18.5 Å². The fourth-order valence-electron chi connectivity index (χ4n) is 2.57. The Morgan fingerprint density at radius 2 is 1.74 bits per heavy atom. The molecule has 1 heterocycles. The van der Waals surface area contributed by atoms with E-state index in [0.717, 1.165) is 0 Å². The summed E-state index contributed by atoms with van der Waals surface area (Å²) in [7, 11) is -3.51. The van der Waals surface area contributed by atoms with Crippen LogP contribution in [-0.2, 0) is 14.6 Å². The lowest BCUT2D eigenvalue weighted by Gasteiger charge is -2.29. The smallest absolute Gasteiger partial charge is 0.407 e. The van der Waals surface area contributed by atoms with E-state index in [1.165, 1.54) is 12.4 Å². The molecule has 1 saturated carbocycles. The molecule has 0 aromatic carbocycles. The number of alkyl carbamates (subject to hydrolysis) is 1. The summed E-state index contributed by atoms with van der Waals surface area (Å²) in [5, 5.41) is 2.18. The molecule has 0 atom stereocenters. The normalized spacial score (nSPS) is 22.4. The van der Waals surface area contributed by atoms with Crippen molar-refractivity contribution in [1.29, 1.82) is 0 Å². The number of carbonyl (C=O) groups excluding carboxylic acids is 1. The maximum Gasteiger partial charge on any atom is 0.407 e. The molecule has 8 heteroatoms. The van der Waals surface area contributed by atoms with Crippen LogP contribution < -0.4 is 5.32 Å². The van der Waals surface area contributed by atoms with E-state index in [1.54, 1.807) is 26.8 Å². The largest absolute Gasteiger partial charge is 0.444 e. The molecule has 0 saturated heterocycles. The molecule has 128 valence electrons. The third-order valence-electron chi connectivity index (χ3n) is 3.63. The Labute approximate surface area is 136 Å². The van der Waals surface area contributed by atoms with Gasteiger partial charge in [0.2, 0.25) is 15.0 Å². The second-order valence-corrected chi connectivity index (χ2v) is 8.82. The van der Waals surface area contributed by atoms with Crippen molar-refractivity contribution >= 4 is 15.9 Å². The first-order valence-corrected chi connectivity index (χ1v) is 9.23. The number of sulfone groups is 1. The molecule has 0 bridgehead atoms. The van der Waals surface area contributed by atoms with Gasteiger partial charge in [-0.25, -0.2) is 23.2 Å². The molecule has 1 aromatic rings. The summed E-state index contributed by atoms with van der Waals surface area (Å²) in [4.78, 5) is 19.4. The van der Waals surface area contributed by atoms with Crippen molar-refractivity contribution in [3.63, 3.8) is 0 Å². The highest BCUT2D eigenvalue weighted by Gasteiger charge is 2.34. The van der Waals surface area contributed by atoms with Crippen LogP contribution in [0.4, 0.5) is 4.79 Å². The zero-order chi connectivity index (χ0) is 17.1. The first kappa shape index (κ1) is 17.7. The fraction of sp³-hybridized carbons (Fsp3) is 0.667. The van der Waals surface area contributed by atoms with Gasteiger partial charge in [-0.15, -0.1) is 0 Å². The van der Waals surface area contributed by atoms with Crippen LogP contribution in [0.15, 0.2) is 23.6 Å². The highest BCUT2D eigenvalue weighted by molar-refractivity contribution is 7.91. The molecular formula is C15H23N3O4S. The van der Waals surface area contributed by atoms with Gasteiger partial charge in [-0.1, -0.05) is 0 Å². The Hall–Kier alpha value is -1.70. The average Bonchev–Trinajstić information content (AvgIpc) is 2.46. The van der Waals surface area contributed by atoms with Gasteiger partial charge >= 0.3 is 6.09 Å². The predicted octanol–water partition coefficient (Wildman–Crippen LogP) is 2.09. The Balaban J connectivity index is 1.90. The van der Waals surface area contributed by atoms with E-state index in [-0.39, 0.29) is 11.2 Å². The van der Waals surface area contributed by atoms with E-state index in [1.807, 2.05) is 0 Å². The molecule has 2 rings (SSSR count). The minimum Gasteiger partial charge on any atom is -0.444 e. The van der Waals surface area contributed by atoms with E-state index in [0.29, 0.717) is 25.7 Å². The second-order valence-electron chi connectivity index (χ2n) is 6.70. The lowest BCUT2D eigenvalue weighted by atomic mass is 9.95. The van der Waals surface area contributed by atoms with Crippen molar-refractivity contribution in [3.8, 4) is 0 Å². The summed E-state index contributed by atoms with van der Waals surface area (Å²) >= 11 is 0. The van der Waals surface area contributed by atoms with E-state index in [4.69, 9.17) is 4.74 Å². The molecule has 0 aliphatic heterocycles. The first-order chi connectivity index (χ1) is 10.7. The van der Waals surface area contributed by atoms with E-state index in [2.05, 4.69) is 15.3 Å². The standard InChI is InChI=1S/C15H23N3O4S/c1-15(2,3)22-14(19)18-11-5-7-12(8-6-11)23(20,21)13-16-9-4-10-17-13/h4,9-12H,5-8H2,1-3H3,(H,18,19). The van der Waals surface area contributed by atoms with Crippen LogP contribution in [0.1, 0.15) is 46.5 Å². The summed E-state index contributed by atoms with van der Waals surface area (Å²) in [5.74, 6) is 0. The van der Waals surface area contributed by atoms with Gasteiger partial charge in [0.15, 0.2) is 0 Å². The topological polar surface area (TPSA) is 98.2 Å². The van der Waals surface area contributed by atoms with Gasteiger partial charge in [-0.3, -0.25) is 0 Å². The van der Waals surface area contributed by atoms with Gasteiger partial charge in [-0.05, 0) is 52.5 Å². The van der Waals surface area contributed by atoms with Gasteiger partial charge in [0, 0.05) is 18.4 Å². The maximum atomic E-state index is 12.5. The Morgan fingerprint density at radius 3 is 2.26 bits per heavy atom. The fourth-order valence-corrected chi connectivity index (χ4v) is 4.18. The average molecular weight is 341 g/mol. The van der Waals surface area contributed by atoms with Gasteiger partial charge in [0.1, 0.15) is 5.60 Å². The molecule has 0 spiro atoms. The molecule has 1 amide bonds. The van der Waals surface area contributed by atoms with E-state index in [9.17, 15) is 13.2 Å². The number of hydrogen-bond donors (Lipinski definition) is 1. The molecule has 1 aliphatic carbocycles. The van der Waals surface area contributed by atoms with E-state index < -0.39 is 26.8 Å².